The van der Waals surface area contributed by atoms with Crippen molar-refractivity contribution in [2.24, 2.45) is 23.2 Å². The van der Waals surface area contributed by atoms with Crippen molar-refractivity contribution in [3.63, 3.8) is 0 Å². The summed E-state index contributed by atoms with van der Waals surface area (Å²) in [6, 6.07) is 2.80. The average Bonchev–Trinajstić information content (AvgIpc) is 2.50. The molecule has 2 aliphatic carbocycles. The molecular formula is C19H33N. The predicted molar refractivity (Wildman–Crippen MR) is 85.3 cm³/mol. The Balaban J connectivity index is 1.88. The predicted octanol–water partition coefficient (Wildman–Crippen LogP) is 6.09. The second-order valence-corrected chi connectivity index (χ2v) is 7.51. The first-order valence-corrected chi connectivity index (χ1v) is 9.15. The topological polar surface area (TPSA) is 23.8 Å². The van der Waals surface area contributed by atoms with Crippen molar-refractivity contribution < 1.29 is 0 Å². The van der Waals surface area contributed by atoms with Crippen molar-refractivity contribution in [3.8, 4) is 6.07 Å². The second-order valence-electron chi connectivity index (χ2n) is 7.51. The molecule has 20 heavy (non-hydrogen) atoms. The van der Waals surface area contributed by atoms with Gasteiger partial charge in [0.1, 0.15) is 0 Å². The third-order valence-electron chi connectivity index (χ3n) is 6.24. The summed E-state index contributed by atoms with van der Waals surface area (Å²) in [7, 11) is 0. The minimum Gasteiger partial charge on any atom is -0.198 e. The standard InChI is InChI=1S/C19H33N/c1-3-5-16-7-9-18(10-8-16)19(15-20)13-11-17(6-4-2)12-14-19/h16-18H,3-14H2,1-2H3/t16?,17-,18?,19-. The third kappa shape index (κ3) is 3.57. The maximum atomic E-state index is 9.83. The van der Waals surface area contributed by atoms with Gasteiger partial charge in [0.25, 0.3) is 0 Å². The summed E-state index contributed by atoms with van der Waals surface area (Å²) in [5.74, 6) is 2.59. The van der Waals surface area contributed by atoms with Crippen LogP contribution in [0.4, 0.5) is 0 Å². The molecule has 0 atom stereocenters. The Morgan fingerprint density at radius 3 is 1.80 bits per heavy atom. The Labute approximate surface area is 126 Å². The molecule has 2 rings (SSSR count). The number of nitriles is 1. The van der Waals surface area contributed by atoms with Gasteiger partial charge in [-0.05, 0) is 56.3 Å². The zero-order valence-electron chi connectivity index (χ0n) is 13.7. The van der Waals surface area contributed by atoms with E-state index in [0.29, 0.717) is 5.92 Å². The molecule has 0 aromatic carbocycles. The van der Waals surface area contributed by atoms with E-state index in [-0.39, 0.29) is 5.41 Å². The van der Waals surface area contributed by atoms with Crippen molar-refractivity contribution >= 4 is 0 Å². The van der Waals surface area contributed by atoms with Gasteiger partial charge in [-0.1, -0.05) is 52.4 Å². The molecule has 0 aromatic heterocycles. The van der Waals surface area contributed by atoms with Gasteiger partial charge in [0.15, 0.2) is 0 Å². The maximum absolute atomic E-state index is 9.83. The summed E-state index contributed by atoms with van der Waals surface area (Å²) >= 11 is 0. The summed E-state index contributed by atoms with van der Waals surface area (Å²) < 4.78 is 0. The Hall–Kier alpha value is -0.510. The third-order valence-corrected chi connectivity index (χ3v) is 6.24. The van der Waals surface area contributed by atoms with Crippen molar-refractivity contribution in [2.75, 3.05) is 0 Å². The maximum Gasteiger partial charge on any atom is 0.0692 e. The largest absolute Gasteiger partial charge is 0.198 e. The van der Waals surface area contributed by atoms with Crippen LogP contribution >= 0.6 is 0 Å². The van der Waals surface area contributed by atoms with Gasteiger partial charge in [-0.2, -0.15) is 5.26 Å². The fourth-order valence-electron chi connectivity index (χ4n) is 4.91. The minimum absolute atomic E-state index is 0.0570. The number of hydrogen-bond acceptors (Lipinski definition) is 1. The molecule has 0 amide bonds. The van der Waals surface area contributed by atoms with Crippen molar-refractivity contribution in [3.05, 3.63) is 0 Å². The molecule has 0 aliphatic heterocycles. The molecule has 2 aliphatic rings. The van der Waals surface area contributed by atoms with Gasteiger partial charge in [-0.3, -0.25) is 0 Å². The summed E-state index contributed by atoms with van der Waals surface area (Å²) in [6.45, 7) is 4.60. The summed E-state index contributed by atoms with van der Waals surface area (Å²) in [4.78, 5) is 0. The molecule has 114 valence electrons. The van der Waals surface area contributed by atoms with Crippen LogP contribution in [0.2, 0.25) is 0 Å². The van der Waals surface area contributed by atoms with Gasteiger partial charge in [0.2, 0.25) is 0 Å². The van der Waals surface area contributed by atoms with Gasteiger partial charge in [-0.25, -0.2) is 0 Å². The number of hydrogen-bond donors (Lipinski definition) is 0. The molecular weight excluding hydrogens is 242 g/mol. The molecule has 0 saturated heterocycles. The van der Waals surface area contributed by atoms with E-state index in [4.69, 9.17) is 0 Å². The molecule has 1 heteroatoms. The van der Waals surface area contributed by atoms with E-state index in [1.807, 2.05) is 0 Å². The molecule has 2 saturated carbocycles. The minimum atomic E-state index is 0.0570. The summed E-state index contributed by atoms with van der Waals surface area (Å²) in [5.41, 5.74) is 0.0570. The van der Waals surface area contributed by atoms with E-state index in [0.717, 1.165) is 11.8 Å². The van der Waals surface area contributed by atoms with Crippen LogP contribution in [0.3, 0.4) is 0 Å². The molecule has 1 nitrogen and oxygen atoms in total. The molecule has 0 heterocycles. The monoisotopic (exact) mass is 275 g/mol. The first-order chi connectivity index (χ1) is 9.74. The zero-order valence-corrected chi connectivity index (χ0v) is 13.7. The van der Waals surface area contributed by atoms with Crippen LogP contribution < -0.4 is 0 Å². The fraction of sp³-hybridized carbons (Fsp3) is 0.947. The summed E-state index contributed by atoms with van der Waals surface area (Å²) in [5, 5.41) is 9.83. The summed E-state index contributed by atoms with van der Waals surface area (Å²) in [6.07, 6.45) is 15.9. The lowest BCUT2D eigenvalue weighted by atomic mass is 9.59. The van der Waals surface area contributed by atoms with Gasteiger partial charge in [0.05, 0.1) is 11.5 Å². The first kappa shape index (κ1) is 15.9. The lowest BCUT2D eigenvalue weighted by molar-refractivity contribution is 0.0850. The highest BCUT2D eigenvalue weighted by molar-refractivity contribution is 5.06. The molecule has 0 aromatic rings. The van der Waals surface area contributed by atoms with E-state index in [1.54, 1.807) is 0 Å². The quantitative estimate of drug-likeness (QED) is 0.595. The zero-order chi connectivity index (χ0) is 14.4. The Morgan fingerprint density at radius 2 is 1.35 bits per heavy atom. The smallest absolute Gasteiger partial charge is 0.0692 e. The molecule has 0 unspecified atom stereocenters. The highest BCUT2D eigenvalue weighted by Crippen LogP contribution is 2.50. The SMILES string of the molecule is CCCC1CCC([C@]2(C#N)CC[C@@H](CCC)CC2)CC1. The Morgan fingerprint density at radius 1 is 0.850 bits per heavy atom. The lowest BCUT2D eigenvalue weighted by Crippen LogP contribution is -2.36. The van der Waals surface area contributed by atoms with Crippen LogP contribution in [-0.2, 0) is 0 Å². The van der Waals surface area contributed by atoms with Crippen LogP contribution in [-0.4, -0.2) is 0 Å². The Bertz CT molecular complexity index is 311. The van der Waals surface area contributed by atoms with Gasteiger partial charge in [-0.15, -0.1) is 0 Å². The van der Waals surface area contributed by atoms with Crippen LogP contribution in [0.5, 0.6) is 0 Å². The lowest BCUT2D eigenvalue weighted by Gasteiger charge is -2.43. The molecule has 0 N–H and O–H groups in total. The van der Waals surface area contributed by atoms with E-state index in [2.05, 4.69) is 19.9 Å². The highest BCUT2D eigenvalue weighted by atomic mass is 14.5. The van der Waals surface area contributed by atoms with E-state index in [1.165, 1.54) is 77.0 Å². The van der Waals surface area contributed by atoms with E-state index < -0.39 is 0 Å². The molecule has 0 radical (unpaired) electrons. The van der Waals surface area contributed by atoms with Gasteiger partial charge >= 0.3 is 0 Å². The second kappa shape index (κ2) is 7.48. The molecule has 0 bridgehead atoms. The average molecular weight is 275 g/mol. The fourth-order valence-corrected chi connectivity index (χ4v) is 4.91. The van der Waals surface area contributed by atoms with Gasteiger partial charge < -0.3 is 0 Å². The van der Waals surface area contributed by atoms with Crippen molar-refractivity contribution in [1.82, 2.24) is 0 Å². The van der Waals surface area contributed by atoms with Crippen LogP contribution in [0, 0.1) is 34.5 Å². The van der Waals surface area contributed by atoms with Crippen molar-refractivity contribution in [1.29, 1.82) is 5.26 Å². The van der Waals surface area contributed by atoms with E-state index >= 15 is 0 Å². The highest BCUT2D eigenvalue weighted by Gasteiger charge is 2.43. The molecule has 0 spiro atoms. The van der Waals surface area contributed by atoms with Crippen LogP contribution in [0.15, 0.2) is 0 Å². The van der Waals surface area contributed by atoms with Crippen LogP contribution in [0.1, 0.15) is 90.9 Å². The Kier molecular flexibility index (Phi) is 5.94. The number of rotatable bonds is 5. The van der Waals surface area contributed by atoms with Crippen molar-refractivity contribution in [2.45, 2.75) is 90.9 Å². The van der Waals surface area contributed by atoms with Gasteiger partial charge in [0, 0.05) is 0 Å². The first-order valence-electron chi connectivity index (χ1n) is 9.15. The normalized spacial score (nSPS) is 38.4. The number of nitrogens with zero attached hydrogens (tertiary/aromatic N) is 1. The van der Waals surface area contributed by atoms with Crippen LogP contribution in [0.25, 0.3) is 0 Å². The molecule has 2 fully saturated rings. The van der Waals surface area contributed by atoms with E-state index in [9.17, 15) is 5.26 Å².